The van der Waals surface area contributed by atoms with Crippen LogP contribution >= 0.6 is 22.9 Å². The molecule has 1 amide bonds. The smallest absolute Gasteiger partial charge is 0.229 e. The number of aryl methyl sites for hydroxylation is 1. The molecular weight excluding hydrogens is 304 g/mol. The monoisotopic (exact) mass is 320 g/mol. The molecule has 1 fully saturated rings. The summed E-state index contributed by atoms with van der Waals surface area (Å²) in [6, 6.07) is 6.04. The minimum absolute atomic E-state index is 0.107. The number of nitrogens with one attached hydrogen (secondary N) is 1. The highest BCUT2D eigenvalue weighted by molar-refractivity contribution is 7.15. The third kappa shape index (κ3) is 3.27. The number of rotatable bonds is 4. The van der Waals surface area contributed by atoms with Crippen LogP contribution in [0.2, 0.25) is 5.02 Å². The van der Waals surface area contributed by atoms with Crippen LogP contribution in [-0.4, -0.2) is 10.9 Å². The summed E-state index contributed by atoms with van der Waals surface area (Å²) in [5.74, 6) is 0.291. The number of carbonyl (C=O) groups excluding carboxylic acids is 1. The van der Waals surface area contributed by atoms with Crippen molar-refractivity contribution in [2.45, 2.75) is 32.6 Å². The van der Waals surface area contributed by atoms with Crippen LogP contribution in [-0.2, 0) is 11.2 Å². The van der Waals surface area contributed by atoms with Gasteiger partial charge in [0, 0.05) is 28.4 Å². The van der Waals surface area contributed by atoms with Gasteiger partial charge >= 0.3 is 0 Å². The van der Waals surface area contributed by atoms with Gasteiger partial charge < -0.3 is 5.32 Å². The predicted octanol–water partition coefficient (Wildman–Crippen LogP) is 4.43. The first-order chi connectivity index (χ1) is 10.1. The van der Waals surface area contributed by atoms with Gasteiger partial charge in [-0.2, -0.15) is 0 Å². The highest BCUT2D eigenvalue weighted by atomic mass is 35.5. The van der Waals surface area contributed by atoms with Gasteiger partial charge in [0.05, 0.1) is 0 Å². The van der Waals surface area contributed by atoms with Crippen molar-refractivity contribution in [3.8, 4) is 0 Å². The Bertz CT molecular complexity index is 664. The summed E-state index contributed by atoms with van der Waals surface area (Å²) >= 11 is 7.84. The molecular formula is C16H17ClN2OS. The highest BCUT2D eigenvalue weighted by Gasteiger charge is 2.25. The Kier molecular flexibility index (Phi) is 4.27. The van der Waals surface area contributed by atoms with Crippen molar-refractivity contribution in [1.29, 1.82) is 0 Å². The fourth-order valence-electron chi connectivity index (χ4n) is 2.36. The fourth-order valence-corrected chi connectivity index (χ4v) is 3.39. The number of thiazole rings is 1. The fraction of sp³-hybridized carbons (Fsp3) is 0.375. The van der Waals surface area contributed by atoms with E-state index in [1.54, 1.807) is 0 Å². The Hall–Kier alpha value is -1.39. The SMILES string of the molecule is Cc1cccc(Cc2cnc(NC(=O)C3CCC3)s2)c1Cl. The largest absolute Gasteiger partial charge is 0.302 e. The summed E-state index contributed by atoms with van der Waals surface area (Å²) in [5.41, 5.74) is 2.18. The van der Waals surface area contributed by atoms with Crippen LogP contribution in [0.15, 0.2) is 24.4 Å². The van der Waals surface area contributed by atoms with E-state index >= 15 is 0 Å². The molecule has 1 aromatic carbocycles. The van der Waals surface area contributed by atoms with Crippen molar-refractivity contribution in [1.82, 2.24) is 4.98 Å². The Morgan fingerprint density at radius 3 is 3.00 bits per heavy atom. The highest BCUT2D eigenvalue weighted by Crippen LogP contribution is 2.30. The molecule has 1 N–H and O–H groups in total. The van der Waals surface area contributed by atoms with Crippen molar-refractivity contribution in [3.05, 3.63) is 45.4 Å². The number of amides is 1. The van der Waals surface area contributed by atoms with Gasteiger partial charge in [-0.15, -0.1) is 11.3 Å². The predicted molar refractivity (Wildman–Crippen MR) is 87.1 cm³/mol. The summed E-state index contributed by atoms with van der Waals surface area (Å²) < 4.78 is 0. The van der Waals surface area contributed by atoms with E-state index in [0.29, 0.717) is 5.13 Å². The molecule has 1 aromatic heterocycles. The van der Waals surface area contributed by atoms with Crippen molar-refractivity contribution < 1.29 is 4.79 Å². The van der Waals surface area contributed by atoms with E-state index in [1.807, 2.05) is 31.3 Å². The van der Waals surface area contributed by atoms with Gasteiger partial charge in [0.1, 0.15) is 0 Å². The molecule has 1 aliphatic carbocycles. The third-order valence-corrected chi connectivity index (χ3v) is 5.35. The van der Waals surface area contributed by atoms with E-state index in [9.17, 15) is 4.79 Å². The Balaban J connectivity index is 1.67. The standard InChI is InChI=1S/C16H17ClN2OS/c1-10-4-2-7-12(14(10)17)8-13-9-18-16(21-13)19-15(20)11-5-3-6-11/h2,4,7,9,11H,3,5-6,8H2,1H3,(H,18,19,20). The van der Waals surface area contributed by atoms with Crippen LogP contribution in [0.3, 0.4) is 0 Å². The molecule has 5 heteroatoms. The lowest BCUT2D eigenvalue weighted by molar-refractivity contribution is -0.122. The summed E-state index contributed by atoms with van der Waals surface area (Å²) in [4.78, 5) is 17.3. The van der Waals surface area contributed by atoms with Crippen molar-refractivity contribution >= 4 is 34.0 Å². The van der Waals surface area contributed by atoms with E-state index in [2.05, 4.69) is 10.3 Å². The van der Waals surface area contributed by atoms with Gasteiger partial charge in [-0.25, -0.2) is 4.98 Å². The van der Waals surface area contributed by atoms with Crippen LogP contribution in [0, 0.1) is 12.8 Å². The molecule has 0 unspecified atom stereocenters. The first kappa shape index (κ1) is 14.5. The molecule has 0 bridgehead atoms. The summed E-state index contributed by atoms with van der Waals surface area (Å²) in [6.07, 6.45) is 5.73. The van der Waals surface area contributed by atoms with Crippen LogP contribution in [0.5, 0.6) is 0 Å². The molecule has 0 saturated heterocycles. The van der Waals surface area contributed by atoms with Crippen molar-refractivity contribution in [2.75, 3.05) is 5.32 Å². The normalized spacial score (nSPS) is 14.8. The van der Waals surface area contributed by atoms with Gasteiger partial charge in [0.15, 0.2) is 5.13 Å². The number of hydrogen-bond donors (Lipinski definition) is 1. The second kappa shape index (κ2) is 6.16. The number of benzene rings is 1. The molecule has 0 spiro atoms. The minimum atomic E-state index is 0.107. The van der Waals surface area contributed by atoms with Crippen molar-refractivity contribution in [3.63, 3.8) is 0 Å². The van der Waals surface area contributed by atoms with Crippen LogP contribution in [0.25, 0.3) is 0 Å². The molecule has 0 radical (unpaired) electrons. The number of aromatic nitrogens is 1. The lowest BCUT2D eigenvalue weighted by Crippen LogP contribution is -2.27. The molecule has 1 saturated carbocycles. The molecule has 1 aliphatic rings. The van der Waals surface area contributed by atoms with E-state index < -0.39 is 0 Å². The molecule has 110 valence electrons. The Morgan fingerprint density at radius 2 is 2.29 bits per heavy atom. The number of halogens is 1. The molecule has 0 aliphatic heterocycles. The van der Waals surface area contributed by atoms with Crippen LogP contribution < -0.4 is 5.32 Å². The van der Waals surface area contributed by atoms with Gasteiger partial charge in [-0.1, -0.05) is 36.2 Å². The van der Waals surface area contributed by atoms with Gasteiger partial charge in [-0.05, 0) is 30.9 Å². The van der Waals surface area contributed by atoms with Crippen LogP contribution in [0.1, 0.15) is 35.3 Å². The number of nitrogens with zero attached hydrogens (tertiary/aromatic N) is 1. The zero-order valence-electron chi connectivity index (χ0n) is 11.9. The maximum atomic E-state index is 11.9. The van der Waals surface area contributed by atoms with Crippen molar-refractivity contribution in [2.24, 2.45) is 5.92 Å². The molecule has 3 rings (SSSR count). The molecule has 21 heavy (non-hydrogen) atoms. The summed E-state index contributed by atoms with van der Waals surface area (Å²) in [6.45, 7) is 2.00. The molecule has 2 aromatic rings. The molecule has 3 nitrogen and oxygen atoms in total. The van der Waals surface area contributed by atoms with Gasteiger partial charge in [0.2, 0.25) is 5.91 Å². The number of anilines is 1. The molecule has 0 atom stereocenters. The maximum absolute atomic E-state index is 11.9. The Labute approximate surface area is 133 Å². The van der Waals surface area contributed by atoms with Gasteiger partial charge in [-0.3, -0.25) is 4.79 Å². The maximum Gasteiger partial charge on any atom is 0.229 e. The average Bonchev–Trinajstić information content (AvgIpc) is 2.80. The topological polar surface area (TPSA) is 42.0 Å². The lowest BCUT2D eigenvalue weighted by atomic mass is 9.85. The van der Waals surface area contributed by atoms with E-state index in [0.717, 1.165) is 46.7 Å². The Morgan fingerprint density at radius 1 is 1.48 bits per heavy atom. The first-order valence-electron chi connectivity index (χ1n) is 7.13. The molecule has 1 heterocycles. The zero-order valence-corrected chi connectivity index (χ0v) is 13.4. The number of carbonyl (C=O) groups is 1. The second-order valence-corrected chi connectivity index (χ2v) is 6.97. The van der Waals surface area contributed by atoms with E-state index in [4.69, 9.17) is 11.6 Å². The third-order valence-electron chi connectivity index (χ3n) is 3.90. The average molecular weight is 321 g/mol. The zero-order chi connectivity index (χ0) is 14.8. The van der Waals surface area contributed by atoms with E-state index in [-0.39, 0.29) is 11.8 Å². The van der Waals surface area contributed by atoms with E-state index in [1.165, 1.54) is 11.3 Å². The van der Waals surface area contributed by atoms with Crippen LogP contribution in [0.4, 0.5) is 5.13 Å². The second-order valence-electron chi connectivity index (χ2n) is 5.47. The first-order valence-corrected chi connectivity index (χ1v) is 8.32. The minimum Gasteiger partial charge on any atom is -0.302 e. The van der Waals surface area contributed by atoms with Gasteiger partial charge in [0.25, 0.3) is 0 Å². The lowest BCUT2D eigenvalue weighted by Gasteiger charge is -2.23. The summed E-state index contributed by atoms with van der Waals surface area (Å²) in [5, 5.41) is 4.41. The quantitative estimate of drug-likeness (QED) is 0.905. The number of hydrogen-bond acceptors (Lipinski definition) is 3. The summed E-state index contributed by atoms with van der Waals surface area (Å²) in [7, 11) is 0.